The van der Waals surface area contributed by atoms with Crippen LogP contribution in [0.4, 0.5) is 5.69 Å². The van der Waals surface area contributed by atoms with Gasteiger partial charge in [-0.2, -0.15) is 0 Å². The van der Waals surface area contributed by atoms with Crippen LogP contribution in [0.1, 0.15) is 5.56 Å². The average Bonchev–Trinajstić information content (AvgIpc) is 2.30. The van der Waals surface area contributed by atoms with Gasteiger partial charge >= 0.3 is 0 Å². The number of anilines is 1. The monoisotopic (exact) mass is 270 g/mol. The summed E-state index contributed by atoms with van der Waals surface area (Å²) < 4.78 is 26.5. The molecule has 0 heterocycles. The molecule has 5 heteroatoms. The molecule has 18 heavy (non-hydrogen) atoms. The molecular weight excluding hydrogens is 257 g/mol. The third-order valence-corrected chi connectivity index (χ3v) is 3.75. The first-order valence-electron chi connectivity index (χ1n) is 5.22. The van der Waals surface area contributed by atoms with Crippen LogP contribution in [0.2, 0.25) is 0 Å². The van der Waals surface area contributed by atoms with Gasteiger partial charge in [0.05, 0.1) is 4.90 Å². The Bertz CT molecular complexity index is 595. The minimum absolute atomic E-state index is 0. The van der Waals surface area contributed by atoms with Gasteiger partial charge in [-0.15, -0.1) is 0 Å². The van der Waals surface area contributed by atoms with Crippen molar-refractivity contribution in [3.05, 3.63) is 60.2 Å². The summed E-state index contributed by atoms with van der Waals surface area (Å²) >= 11 is 0. The SMILES string of the molecule is Cc1ccc(S(=O)(=O)Nc2ccccc2)cc1.[Na]. The third-order valence-electron chi connectivity index (χ3n) is 2.36. The minimum Gasteiger partial charge on any atom is -0.280 e. The van der Waals surface area contributed by atoms with Gasteiger partial charge in [-0.25, -0.2) is 8.42 Å². The second kappa shape index (κ2) is 6.38. The van der Waals surface area contributed by atoms with E-state index in [1.54, 1.807) is 48.5 Å². The first-order valence-corrected chi connectivity index (χ1v) is 6.71. The van der Waals surface area contributed by atoms with Gasteiger partial charge in [-0.05, 0) is 31.2 Å². The number of hydrogen-bond acceptors (Lipinski definition) is 2. The van der Waals surface area contributed by atoms with Crippen molar-refractivity contribution in [1.82, 2.24) is 0 Å². The molecule has 0 bridgehead atoms. The molecule has 3 nitrogen and oxygen atoms in total. The molecule has 0 saturated heterocycles. The summed E-state index contributed by atoms with van der Waals surface area (Å²) in [6.07, 6.45) is 0. The van der Waals surface area contributed by atoms with Crippen LogP contribution < -0.4 is 4.72 Å². The summed E-state index contributed by atoms with van der Waals surface area (Å²) in [6, 6.07) is 15.6. The second-order valence-corrected chi connectivity index (χ2v) is 5.47. The molecule has 0 unspecified atom stereocenters. The van der Waals surface area contributed by atoms with Gasteiger partial charge in [0.2, 0.25) is 0 Å². The normalized spacial score (nSPS) is 10.5. The van der Waals surface area contributed by atoms with E-state index in [1.165, 1.54) is 0 Å². The van der Waals surface area contributed by atoms with Crippen molar-refractivity contribution in [1.29, 1.82) is 0 Å². The largest absolute Gasteiger partial charge is 0.280 e. The van der Waals surface area contributed by atoms with E-state index in [0.29, 0.717) is 5.69 Å². The first-order chi connectivity index (χ1) is 8.08. The van der Waals surface area contributed by atoms with Crippen LogP contribution in [-0.4, -0.2) is 38.0 Å². The molecule has 0 aliphatic rings. The maximum Gasteiger partial charge on any atom is 0.261 e. The molecule has 0 saturated carbocycles. The van der Waals surface area contributed by atoms with E-state index in [-0.39, 0.29) is 34.5 Å². The van der Waals surface area contributed by atoms with Gasteiger partial charge < -0.3 is 0 Å². The summed E-state index contributed by atoms with van der Waals surface area (Å²) in [4.78, 5) is 0.270. The Balaban J connectivity index is 0.00000162. The minimum atomic E-state index is -3.48. The van der Waals surface area contributed by atoms with E-state index in [4.69, 9.17) is 0 Å². The van der Waals surface area contributed by atoms with Crippen LogP contribution >= 0.6 is 0 Å². The maximum atomic E-state index is 12.0. The fourth-order valence-corrected chi connectivity index (χ4v) is 2.50. The zero-order chi connectivity index (χ0) is 12.3. The molecule has 2 aromatic rings. The van der Waals surface area contributed by atoms with Crippen molar-refractivity contribution >= 4 is 45.3 Å². The predicted molar refractivity (Wildman–Crippen MR) is 74.2 cm³/mol. The summed E-state index contributed by atoms with van der Waals surface area (Å²) in [5.74, 6) is 0. The molecule has 2 rings (SSSR count). The summed E-state index contributed by atoms with van der Waals surface area (Å²) in [5, 5.41) is 0. The summed E-state index contributed by atoms with van der Waals surface area (Å²) in [7, 11) is -3.48. The number of aryl methyl sites for hydroxylation is 1. The molecular formula is C13H13NNaO2S. The Morgan fingerprint density at radius 3 is 2.00 bits per heavy atom. The zero-order valence-electron chi connectivity index (χ0n) is 10.4. The van der Waals surface area contributed by atoms with E-state index >= 15 is 0 Å². The number of para-hydroxylation sites is 1. The van der Waals surface area contributed by atoms with Gasteiger partial charge in [-0.1, -0.05) is 35.9 Å². The van der Waals surface area contributed by atoms with Gasteiger partial charge in [0, 0.05) is 35.2 Å². The molecule has 0 fully saturated rings. The second-order valence-electron chi connectivity index (χ2n) is 3.78. The van der Waals surface area contributed by atoms with Crippen LogP contribution in [0.15, 0.2) is 59.5 Å². The molecule has 0 atom stereocenters. The molecule has 0 aromatic heterocycles. The molecule has 1 radical (unpaired) electrons. The van der Waals surface area contributed by atoms with Crippen LogP contribution in [0.25, 0.3) is 0 Å². The Kier molecular flexibility index (Phi) is 5.41. The standard InChI is InChI=1S/C13H13NO2S.Na/c1-11-7-9-13(10-8-11)17(15,16)14-12-5-3-2-4-6-12;/h2-10,14H,1H3;. The molecule has 2 aromatic carbocycles. The van der Waals surface area contributed by atoms with Crippen LogP contribution in [0.5, 0.6) is 0 Å². The Hall–Kier alpha value is -0.810. The van der Waals surface area contributed by atoms with Crippen molar-refractivity contribution < 1.29 is 8.42 Å². The molecule has 0 amide bonds. The zero-order valence-corrected chi connectivity index (χ0v) is 13.2. The summed E-state index contributed by atoms with van der Waals surface area (Å²) in [5.41, 5.74) is 1.59. The maximum absolute atomic E-state index is 12.0. The Labute approximate surface area is 130 Å². The van der Waals surface area contributed by atoms with E-state index < -0.39 is 10.0 Å². The third kappa shape index (κ3) is 3.85. The van der Waals surface area contributed by atoms with Crippen molar-refractivity contribution in [2.75, 3.05) is 4.72 Å². The number of rotatable bonds is 3. The quantitative estimate of drug-likeness (QED) is 0.871. The average molecular weight is 270 g/mol. The number of benzene rings is 2. The van der Waals surface area contributed by atoms with Crippen molar-refractivity contribution in [3.63, 3.8) is 0 Å². The molecule has 0 aliphatic carbocycles. The fourth-order valence-electron chi connectivity index (χ4n) is 1.44. The first kappa shape index (κ1) is 15.2. The molecule has 1 N–H and O–H groups in total. The number of sulfonamides is 1. The Morgan fingerprint density at radius 2 is 1.44 bits per heavy atom. The van der Waals surface area contributed by atoms with E-state index in [2.05, 4.69) is 4.72 Å². The fraction of sp³-hybridized carbons (Fsp3) is 0.0769. The van der Waals surface area contributed by atoms with Crippen molar-refractivity contribution in [2.24, 2.45) is 0 Å². The van der Waals surface area contributed by atoms with Crippen LogP contribution in [0.3, 0.4) is 0 Å². The molecule has 0 spiro atoms. The van der Waals surface area contributed by atoms with E-state index in [1.807, 2.05) is 13.0 Å². The van der Waals surface area contributed by atoms with Crippen molar-refractivity contribution in [2.45, 2.75) is 11.8 Å². The molecule has 0 aliphatic heterocycles. The summed E-state index contributed by atoms with van der Waals surface area (Å²) in [6.45, 7) is 1.92. The van der Waals surface area contributed by atoms with E-state index in [0.717, 1.165) is 5.56 Å². The topological polar surface area (TPSA) is 46.2 Å². The van der Waals surface area contributed by atoms with Gasteiger partial charge in [0.1, 0.15) is 0 Å². The smallest absolute Gasteiger partial charge is 0.261 e. The molecule has 89 valence electrons. The van der Waals surface area contributed by atoms with Crippen molar-refractivity contribution in [3.8, 4) is 0 Å². The number of nitrogens with one attached hydrogen (secondary N) is 1. The van der Waals surface area contributed by atoms with E-state index in [9.17, 15) is 8.42 Å². The van der Waals surface area contributed by atoms with Crippen LogP contribution in [0, 0.1) is 6.92 Å². The predicted octanol–water partition coefficient (Wildman–Crippen LogP) is 2.42. The van der Waals surface area contributed by atoms with Gasteiger partial charge in [0.25, 0.3) is 10.0 Å². The van der Waals surface area contributed by atoms with Gasteiger partial charge in [0.15, 0.2) is 0 Å². The van der Waals surface area contributed by atoms with Crippen LogP contribution in [-0.2, 0) is 10.0 Å². The number of hydrogen-bond donors (Lipinski definition) is 1. The Morgan fingerprint density at radius 1 is 0.889 bits per heavy atom. The van der Waals surface area contributed by atoms with Gasteiger partial charge in [-0.3, -0.25) is 4.72 Å².